The lowest BCUT2D eigenvalue weighted by Gasteiger charge is -2.10. The van der Waals surface area contributed by atoms with Crippen LogP contribution in [0.2, 0.25) is 0 Å². The molecule has 2 rings (SSSR count). The average molecular weight is 196 g/mol. The van der Waals surface area contributed by atoms with Crippen LogP contribution >= 0.6 is 11.3 Å². The second-order valence-corrected chi connectivity index (χ2v) is 4.30. The fraction of sp³-hybridized carbons (Fsp3) is 0.444. The third-order valence-electron chi connectivity index (χ3n) is 2.04. The zero-order chi connectivity index (χ0) is 9.26. The molecule has 2 N–H and O–H groups in total. The summed E-state index contributed by atoms with van der Waals surface area (Å²) in [6, 6.07) is 2.06. The van der Waals surface area contributed by atoms with Crippen LogP contribution in [0.5, 0.6) is 0 Å². The minimum atomic E-state index is 0.00607. The number of hydrogen-bond acceptors (Lipinski definition) is 3. The van der Waals surface area contributed by atoms with Crippen LogP contribution < -0.4 is 10.6 Å². The van der Waals surface area contributed by atoms with Crippen molar-refractivity contribution in [3.8, 4) is 0 Å². The number of rotatable bonds is 1. The summed E-state index contributed by atoms with van der Waals surface area (Å²) in [6.07, 6.45) is 1.08. The summed E-state index contributed by atoms with van der Waals surface area (Å²) < 4.78 is 0. The van der Waals surface area contributed by atoms with Crippen molar-refractivity contribution in [1.82, 2.24) is 5.32 Å². The number of thiophene rings is 1. The van der Waals surface area contributed by atoms with Crippen LogP contribution in [0.4, 0.5) is 5.00 Å². The maximum atomic E-state index is 10.8. The number of nitrogens with one attached hydrogen (secondary N) is 2. The Hall–Kier alpha value is -0.870. The van der Waals surface area contributed by atoms with Gasteiger partial charge in [0.2, 0.25) is 5.91 Å². The van der Waals surface area contributed by atoms with E-state index < -0.39 is 0 Å². The molecule has 70 valence electrons. The molecule has 1 amide bonds. The highest BCUT2D eigenvalue weighted by Gasteiger charge is 2.12. The molecule has 2 heterocycles. The van der Waals surface area contributed by atoms with Crippen LogP contribution in [0.15, 0.2) is 6.07 Å². The summed E-state index contributed by atoms with van der Waals surface area (Å²) in [4.78, 5) is 12.2. The first-order valence-electron chi connectivity index (χ1n) is 4.35. The largest absolute Gasteiger partial charge is 0.318 e. The van der Waals surface area contributed by atoms with Gasteiger partial charge in [0, 0.05) is 24.9 Å². The predicted molar refractivity (Wildman–Crippen MR) is 54.0 cm³/mol. The zero-order valence-electron chi connectivity index (χ0n) is 7.52. The molecule has 4 heteroatoms. The lowest BCUT2D eigenvalue weighted by atomic mass is 10.1. The molecule has 0 aromatic carbocycles. The van der Waals surface area contributed by atoms with Gasteiger partial charge in [-0.2, -0.15) is 0 Å². The maximum Gasteiger partial charge on any atom is 0.221 e. The molecule has 13 heavy (non-hydrogen) atoms. The van der Waals surface area contributed by atoms with Gasteiger partial charge in [-0.15, -0.1) is 11.3 Å². The molecule has 0 radical (unpaired) electrons. The molecule has 0 saturated heterocycles. The van der Waals surface area contributed by atoms with Gasteiger partial charge in [-0.05, 0) is 18.1 Å². The van der Waals surface area contributed by atoms with E-state index in [4.69, 9.17) is 0 Å². The van der Waals surface area contributed by atoms with Gasteiger partial charge < -0.3 is 10.6 Å². The molecule has 0 fully saturated rings. The normalized spacial score (nSPS) is 15.2. The molecule has 0 saturated carbocycles. The number of hydrogen-bond donors (Lipinski definition) is 2. The topological polar surface area (TPSA) is 41.1 Å². The summed E-state index contributed by atoms with van der Waals surface area (Å²) in [5.74, 6) is 0.00607. The first-order chi connectivity index (χ1) is 6.25. The Kier molecular flexibility index (Phi) is 2.33. The van der Waals surface area contributed by atoms with E-state index in [-0.39, 0.29) is 5.91 Å². The van der Waals surface area contributed by atoms with E-state index in [9.17, 15) is 4.79 Å². The first kappa shape index (κ1) is 8.72. The molecular weight excluding hydrogens is 184 g/mol. The van der Waals surface area contributed by atoms with E-state index in [0.717, 1.165) is 24.5 Å². The monoisotopic (exact) mass is 196 g/mol. The smallest absolute Gasteiger partial charge is 0.221 e. The Morgan fingerprint density at radius 3 is 3.23 bits per heavy atom. The fourth-order valence-corrected chi connectivity index (χ4v) is 2.62. The number of carbonyl (C=O) groups excluding carboxylic acids is 1. The van der Waals surface area contributed by atoms with Crippen LogP contribution in [-0.2, 0) is 17.8 Å². The van der Waals surface area contributed by atoms with Gasteiger partial charge in [0.1, 0.15) is 0 Å². The Morgan fingerprint density at radius 1 is 1.69 bits per heavy atom. The van der Waals surface area contributed by atoms with Gasteiger partial charge in [0.25, 0.3) is 0 Å². The maximum absolute atomic E-state index is 10.8. The van der Waals surface area contributed by atoms with E-state index in [1.807, 2.05) is 0 Å². The lowest BCUT2D eigenvalue weighted by Crippen LogP contribution is -2.21. The highest BCUT2D eigenvalue weighted by molar-refractivity contribution is 7.16. The van der Waals surface area contributed by atoms with Crippen molar-refractivity contribution in [2.24, 2.45) is 0 Å². The van der Waals surface area contributed by atoms with E-state index in [1.165, 1.54) is 17.4 Å². The molecule has 0 spiro atoms. The Labute approximate surface area is 81.2 Å². The third kappa shape index (κ3) is 1.89. The average Bonchev–Trinajstić information content (AvgIpc) is 2.44. The van der Waals surface area contributed by atoms with Crippen LogP contribution in [0.25, 0.3) is 0 Å². The first-order valence-corrected chi connectivity index (χ1v) is 5.17. The van der Waals surface area contributed by atoms with Gasteiger partial charge in [0.15, 0.2) is 0 Å². The minimum Gasteiger partial charge on any atom is -0.318 e. The van der Waals surface area contributed by atoms with Crippen molar-refractivity contribution in [3.05, 3.63) is 16.5 Å². The molecule has 1 aromatic heterocycles. The standard InChI is InChI=1S/C9H12N2OS/c1-6(12)11-9-4-7-5-10-3-2-8(7)13-9/h4,10H,2-3,5H2,1H3,(H,11,12). The molecule has 1 aliphatic rings. The molecular formula is C9H12N2OS. The highest BCUT2D eigenvalue weighted by Crippen LogP contribution is 2.29. The van der Waals surface area contributed by atoms with E-state index in [0.29, 0.717) is 0 Å². The van der Waals surface area contributed by atoms with Crippen molar-refractivity contribution in [3.63, 3.8) is 0 Å². The summed E-state index contributed by atoms with van der Waals surface area (Å²) in [5, 5.41) is 7.09. The zero-order valence-corrected chi connectivity index (χ0v) is 8.33. The molecule has 3 nitrogen and oxygen atoms in total. The fourth-order valence-electron chi connectivity index (χ4n) is 1.49. The quantitative estimate of drug-likeness (QED) is 0.712. The van der Waals surface area contributed by atoms with Crippen LogP contribution in [-0.4, -0.2) is 12.5 Å². The summed E-state index contributed by atoms with van der Waals surface area (Å²) >= 11 is 1.69. The van der Waals surface area contributed by atoms with Gasteiger partial charge in [-0.1, -0.05) is 0 Å². The van der Waals surface area contributed by atoms with Crippen molar-refractivity contribution < 1.29 is 4.79 Å². The molecule has 1 aliphatic heterocycles. The molecule has 0 unspecified atom stereocenters. The van der Waals surface area contributed by atoms with Crippen LogP contribution in [0, 0.1) is 0 Å². The number of carbonyl (C=O) groups is 1. The summed E-state index contributed by atoms with van der Waals surface area (Å²) in [6.45, 7) is 3.52. The van der Waals surface area contributed by atoms with Gasteiger partial charge in [-0.25, -0.2) is 0 Å². The molecule has 1 aromatic rings. The van der Waals surface area contributed by atoms with Crippen LogP contribution in [0.3, 0.4) is 0 Å². The van der Waals surface area contributed by atoms with Gasteiger partial charge in [0.05, 0.1) is 5.00 Å². The SMILES string of the molecule is CC(=O)Nc1cc2c(s1)CCNC2. The molecule has 0 aliphatic carbocycles. The van der Waals surface area contributed by atoms with Crippen molar-refractivity contribution in [2.45, 2.75) is 19.9 Å². The highest BCUT2D eigenvalue weighted by atomic mass is 32.1. The van der Waals surface area contributed by atoms with Gasteiger partial charge >= 0.3 is 0 Å². The second kappa shape index (κ2) is 3.47. The molecule has 0 bridgehead atoms. The Balaban J connectivity index is 2.20. The van der Waals surface area contributed by atoms with Crippen LogP contribution in [0.1, 0.15) is 17.4 Å². The van der Waals surface area contributed by atoms with Crippen molar-refractivity contribution in [2.75, 3.05) is 11.9 Å². The number of amides is 1. The number of fused-ring (bicyclic) bond motifs is 1. The Morgan fingerprint density at radius 2 is 2.54 bits per heavy atom. The Bertz CT molecular complexity index is 309. The summed E-state index contributed by atoms with van der Waals surface area (Å²) in [7, 11) is 0. The number of anilines is 1. The van der Waals surface area contributed by atoms with E-state index in [2.05, 4.69) is 16.7 Å². The van der Waals surface area contributed by atoms with Crippen molar-refractivity contribution in [1.29, 1.82) is 0 Å². The third-order valence-corrected chi connectivity index (χ3v) is 3.19. The minimum absolute atomic E-state index is 0.00607. The second-order valence-electron chi connectivity index (χ2n) is 3.17. The van der Waals surface area contributed by atoms with Crippen molar-refractivity contribution >= 4 is 22.2 Å². The predicted octanol–water partition coefficient (Wildman–Crippen LogP) is 1.35. The molecule has 0 atom stereocenters. The van der Waals surface area contributed by atoms with E-state index >= 15 is 0 Å². The summed E-state index contributed by atoms with van der Waals surface area (Å²) in [5.41, 5.74) is 1.33. The van der Waals surface area contributed by atoms with E-state index in [1.54, 1.807) is 11.3 Å². The van der Waals surface area contributed by atoms with Gasteiger partial charge in [-0.3, -0.25) is 4.79 Å². The lowest BCUT2D eigenvalue weighted by molar-refractivity contribution is -0.114.